The predicted octanol–water partition coefficient (Wildman–Crippen LogP) is 5.77. The topological polar surface area (TPSA) is 25.2 Å². The lowest BCUT2D eigenvalue weighted by molar-refractivity contribution is 0.436. The van der Waals surface area contributed by atoms with Gasteiger partial charge in [0.05, 0.1) is 21.2 Å². The molecule has 108 valence electrons. The molecule has 3 aromatic rings. The van der Waals surface area contributed by atoms with Crippen LogP contribution in [0.25, 0.3) is 16.6 Å². The van der Waals surface area contributed by atoms with Crippen molar-refractivity contribution in [1.82, 2.24) is 4.57 Å². The maximum atomic E-state index is 10.7. The van der Waals surface area contributed by atoms with Gasteiger partial charge in [0.1, 0.15) is 0 Å². The summed E-state index contributed by atoms with van der Waals surface area (Å²) in [5.41, 5.74) is 2.41. The van der Waals surface area contributed by atoms with Gasteiger partial charge in [-0.25, -0.2) is 0 Å². The third-order valence-electron chi connectivity index (χ3n) is 3.63. The lowest BCUT2D eigenvalue weighted by atomic mass is 10.0. The van der Waals surface area contributed by atoms with Gasteiger partial charge in [0.2, 0.25) is 0 Å². The van der Waals surface area contributed by atoms with Gasteiger partial charge in [0.15, 0.2) is 5.88 Å². The molecular weight excluding hydrogens is 305 g/mol. The molecule has 0 saturated heterocycles. The molecule has 0 saturated carbocycles. The van der Waals surface area contributed by atoms with E-state index in [1.54, 1.807) is 22.8 Å². The Morgan fingerprint density at radius 1 is 0.952 bits per heavy atom. The Labute approximate surface area is 133 Å². The van der Waals surface area contributed by atoms with Crippen molar-refractivity contribution in [2.45, 2.75) is 19.8 Å². The van der Waals surface area contributed by atoms with Gasteiger partial charge in [-0.3, -0.25) is 4.57 Å². The van der Waals surface area contributed by atoms with Crippen LogP contribution in [0, 0.1) is 0 Å². The summed E-state index contributed by atoms with van der Waals surface area (Å²) in [5.74, 6) is 0.388. The van der Waals surface area contributed by atoms with E-state index in [0.717, 1.165) is 16.5 Å². The van der Waals surface area contributed by atoms with Crippen molar-refractivity contribution < 1.29 is 5.11 Å². The first-order valence-electron chi connectivity index (χ1n) is 6.79. The summed E-state index contributed by atoms with van der Waals surface area (Å²) in [6.45, 7) is 4.11. The third kappa shape index (κ3) is 2.19. The molecule has 1 heterocycles. The maximum Gasteiger partial charge on any atom is 0.200 e. The van der Waals surface area contributed by atoms with Crippen molar-refractivity contribution in [3.05, 3.63) is 58.1 Å². The van der Waals surface area contributed by atoms with Crippen molar-refractivity contribution in [3.63, 3.8) is 0 Å². The van der Waals surface area contributed by atoms with Crippen LogP contribution < -0.4 is 0 Å². The van der Waals surface area contributed by atoms with Gasteiger partial charge in [0.25, 0.3) is 0 Å². The van der Waals surface area contributed by atoms with Crippen LogP contribution in [0.1, 0.15) is 25.3 Å². The Morgan fingerprint density at radius 2 is 1.57 bits per heavy atom. The second kappa shape index (κ2) is 5.28. The van der Waals surface area contributed by atoms with Crippen molar-refractivity contribution in [2.75, 3.05) is 0 Å². The monoisotopic (exact) mass is 319 g/mol. The number of aromatic hydroxyl groups is 1. The van der Waals surface area contributed by atoms with E-state index in [1.165, 1.54) is 0 Å². The van der Waals surface area contributed by atoms with Gasteiger partial charge >= 0.3 is 0 Å². The molecule has 0 unspecified atom stereocenters. The van der Waals surface area contributed by atoms with E-state index < -0.39 is 0 Å². The minimum atomic E-state index is 0.192. The van der Waals surface area contributed by atoms with Gasteiger partial charge < -0.3 is 5.11 Å². The summed E-state index contributed by atoms with van der Waals surface area (Å²) in [6, 6.07) is 13.2. The third-order valence-corrected chi connectivity index (χ3v) is 4.24. The summed E-state index contributed by atoms with van der Waals surface area (Å²) in [7, 11) is 0. The van der Waals surface area contributed by atoms with Crippen LogP contribution >= 0.6 is 23.2 Å². The second-order valence-electron chi connectivity index (χ2n) is 5.31. The molecule has 0 fully saturated rings. The second-order valence-corrected chi connectivity index (χ2v) is 6.13. The predicted molar refractivity (Wildman–Crippen MR) is 89.0 cm³/mol. The van der Waals surface area contributed by atoms with Crippen LogP contribution in [0.4, 0.5) is 0 Å². The van der Waals surface area contributed by atoms with Crippen molar-refractivity contribution >= 4 is 34.1 Å². The molecule has 0 amide bonds. The lowest BCUT2D eigenvalue weighted by Crippen LogP contribution is -1.96. The van der Waals surface area contributed by atoms with E-state index in [4.69, 9.17) is 23.2 Å². The summed E-state index contributed by atoms with van der Waals surface area (Å²) in [6.07, 6.45) is 0. The van der Waals surface area contributed by atoms with Crippen LogP contribution in [0.15, 0.2) is 42.5 Å². The van der Waals surface area contributed by atoms with Gasteiger partial charge in [-0.05, 0) is 24.1 Å². The van der Waals surface area contributed by atoms with Gasteiger partial charge in [-0.1, -0.05) is 61.3 Å². The Hall–Kier alpha value is -1.64. The zero-order chi connectivity index (χ0) is 15.1. The fourth-order valence-electron chi connectivity index (χ4n) is 2.75. The van der Waals surface area contributed by atoms with Crippen LogP contribution in [-0.4, -0.2) is 9.67 Å². The number of fused-ring (bicyclic) bond motifs is 1. The number of halogens is 2. The van der Waals surface area contributed by atoms with Crippen LogP contribution in [0.2, 0.25) is 10.0 Å². The fourth-order valence-corrected chi connectivity index (χ4v) is 3.32. The maximum absolute atomic E-state index is 10.7. The number of para-hydroxylation sites is 2. The van der Waals surface area contributed by atoms with Crippen molar-refractivity contribution in [1.29, 1.82) is 0 Å². The van der Waals surface area contributed by atoms with E-state index in [1.807, 2.05) is 24.3 Å². The standard InChI is InChI=1S/C17H15Cl2NO/c1-10(2)15-11-6-3-4-9-14(11)20(17(15)21)16-12(18)7-5-8-13(16)19/h3-10,21H,1-2H3. The lowest BCUT2D eigenvalue weighted by Gasteiger charge is -2.12. The van der Waals surface area contributed by atoms with Crippen LogP contribution in [0.5, 0.6) is 5.88 Å². The normalized spacial score (nSPS) is 11.5. The quantitative estimate of drug-likeness (QED) is 0.637. The zero-order valence-electron chi connectivity index (χ0n) is 11.8. The molecular formula is C17H15Cl2NO. The fraction of sp³-hybridized carbons (Fsp3) is 0.176. The molecule has 2 aromatic carbocycles. The Kier molecular flexibility index (Phi) is 3.60. The number of benzene rings is 2. The molecule has 0 radical (unpaired) electrons. The van der Waals surface area contributed by atoms with Crippen LogP contribution in [-0.2, 0) is 0 Å². The summed E-state index contributed by atoms with van der Waals surface area (Å²) in [4.78, 5) is 0. The SMILES string of the molecule is CC(C)c1c(O)n(-c2c(Cl)cccc2Cl)c2ccccc12. The van der Waals surface area contributed by atoms with E-state index in [2.05, 4.69) is 13.8 Å². The molecule has 3 rings (SSSR count). The van der Waals surface area contributed by atoms with Gasteiger partial charge in [0, 0.05) is 10.9 Å². The smallest absolute Gasteiger partial charge is 0.200 e. The Balaban J connectivity index is 2.46. The minimum Gasteiger partial charge on any atom is -0.494 e. The molecule has 2 nitrogen and oxygen atoms in total. The number of nitrogens with zero attached hydrogens (tertiary/aromatic N) is 1. The van der Waals surface area contributed by atoms with Crippen molar-refractivity contribution in [3.8, 4) is 11.6 Å². The summed E-state index contributed by atoms with van der Waals surface area (Å²) in [5, 5.41) is 12.8. The molecule has 1 N–H and O–H groups in total. The molecule has 0 aliphatic rings. The molecule has 4 heteroatoms. The van der Waals surface area contributed by atoms with E-state index in [-0.39, 0.29) is 11.8 Å². The first kappa shape index (κ1) is 14.3. The molecule has 0 spiro atoms. The van der Waals surface area contributed by atoms with Gasteiger partial charge in [-0.2, -0.15) is 0 Å². The highest BCUT2D eigenvalue weighted by atomic mass is 35.5. The summed E-state index contributed by atoms with van der Waals surface area (Å²) >= 11 is 12.6. The largest absolute Gasteiger partial charge is 0.494 e. The highest BCUT2D eigenvalue weighted by Gasteiger charge is 2.22. The molecule has 1 aromatic heterocycles. The zero-order valence-corrected chi connectivity index (χ0v) is 13.3. The molecule has 0 aliphatic carbocycles. The molecule has 0 bridgehead atoms. The van der Waals surface area contributed by atoms with Crippen molar-refractivity contribution in [2.24, 2.45) is 0 Å². The number of hydrogen-bond donors (Lipinski definition) is 1. The minimum absolute atomic E-state index is 0.192. The number of rotatable bonds is 2. The number of hydrogen-bond acceptors (Lipinski definition) is 1. The Morgan fingerprint density at radius 3 is 2.19 bits per heavy atom. The molecule has 0 atom stereocenters. The van der Waals surface area contributed by atoms with E-state index in [0.29, 0.717) is 15.7 Å². The highest BCUT2D eigenvalue weighted by molar-refractivity contribution is 6.38. The summed E-state index contributed by atoms with van der Waals surface area (Å²) < 4.78 is 1.73. The average Bonchev–Trinajstić information content (AvgIpc) is 2.72. The molecule has 21 heavy (non-hydrogen) atoms. The Bertz CT molecular complexity index is 801. The molecule has 0 aliphatic heterocycles. The average molecular weight is 320 g/mol. The van der Waals surface area contributed by atoms with E-state index in [9.17, 15) is 5.11 Å². The first-order valence-corrected chi connectivity index (χ1v) is 7.54. The van der Waals surface area contributed by atoms with Crippen LogP contribution in [0.3, 0.4) is 0 Å². The van der Waals surface area contributed by atoms with Gasteiger partial charge in [-0.15, -0.1) is 0 Å². The number of aromatic nitrogens is 1. The highest BCUT2D eigenvalue weighted by Crippen LogP contribution is 2.41. The first-order chi connectivity index (χ1) is 10.0. The van der Waals surface area contributed by atoms with E-state index >= 15 is 0 Å².